The second kappa shape index (κ2) is 7.79. The van der Waals surface area contributed by atoms with Gasteiger partial charge in [-0.1, -0.05) is 0 Å². The van der Waals surface area contributed by atoms with E-state index in [1.54, 1.807) is 0 Å². The molecule has 32 heavy (non-hydrogen) atoms. The quantitative estimate of drug-likeness (QED) is 0.518. The number of nitrogens with zero attached hydrogens (tertiary/aromatic N) is 4. The molecule has 1 aromatic carbocycles. The minimum Gasteiger partial charge on any atom is -0.442 e. The Kier molecular flexibility index (Phi) is 4.77. The largest absolute Gasteiger partial charge is 0.442 e. The normalized spacial score (nSPS) is 19.1. The van der Waals surface area contributed by atoms with Crippen LogP contribution in [0.3, 0.4) is 0 Å². The molecule has 0 bridgehead atoms. The summed E-state index contributed by atoms with van der Waals surface area (Å²) in [6.07, 6.45) is 3.10. The molecule has 1 saturated heterocycles. The van der Waals surface area contributed by atoms with Gasteiger partial charge in [-0.3, -0.25) is 0 Å². The topological polar surface area (TPSA) is 79.8 Å². The van der Waals surface area contributed by atoms with Crippen LogP contribution in [0.2, 0.25) is 0 Å². The van der Waals surface area contributed by atoms with Crippen LogP contribution in [0.5, 0.6) is 0 Å². The molecule has 166 valence electrons. The smallest absolute Gasteiger partial charge is 0.298 e. The number of fused-ring (bicyclic) bond motifs is 4. The number of ether oxygens (including phenoxy) is 1. The van der Waals surface area contributed by atoms with Crippen molar-refractivity contribution in [1.82, 2.24) is 14.9 Å². The lowest BCUT2D eigenvalue weighted by molar-refractivity contribution is 0.120. The van der Waals surface area contributed by atoms with Crippen molar-refractivity contribution < 1.29 is 13.6 Å². The van der Waals surface area contributed by atoms with Gasteiger partial charge in [-0.05, 0) is 57.3 Å². The maximum Gasteiger partial charge on any atom is 0.298 e. The number of benzene rings is 1. The first kappa shape index (κ1) is 19.6. The highest BCUT2D eigenvalue weighted by Gasteiger charge is 2.26. The van der Waals surface area contributed by atoms with Crippen LogP contribution < -0.4 is 10.2 Å². The van der Waals surface area contributed by atoms with Gasteiger partial charge >= 0.3 is 0 Å². The predicted octanol–water partition coefficient (Wildman–Crippen LogP) is 3.97. The third-order valence-corrected chi connectivity index (χ3v) is 6.55. The van der Waals surface area contributed by atoms with E-state index in [1.807, 2.05) is 24.3 Å². The van der Waals surface area contributed by atoms with Crippen LogP contribution in [0.15, 0.2) is 39.2 Å². The van der Waals surface area contributed by atoms with Gasteiger partial charge in [-0.2, -0.15) is 9.97 Å². The molecule has 1 atom stereocenters. The van der Waals surface area contributed by atoms with Crippen LogP contribution in [-0.4, -0.2) is 61.3 Å². The van der Waals surface area contributed by atoms with Crippen molar-refractivity contribution in [2.75, 3.05) is 50.6 Å². The summed E-state index contributed by atoms with van der Waals surface area (Å²) in [5.74, 6) is 1.84. The molecular weight excluding hydrogens is 406 g/mol. The van der Waals surface area contributed by atoms with Crippen LogP contribution in [0.1, 0.15) is 17.7 Å². The molecule has 1 N–H and O–H groups in total. The zero-order valence-electron chi connectivity index (χ0n) is 18.4. The van der Waals surface area contributed by atoms with Crippen molar-refractivity contribution >= 4 is 39.7 Å². The van der Waals surface area contributed by atoms with Gasteiger partial charge in [0, 0.05) is 42.2 Å². The molecule has 8 heteroatoms. The van der Waals surface area contributed by atoms with Gasteiger partial charge < -0.3 is 28.7 Å². The standard InChI is InChI=1S/C24H27N5O3/c1-28(2)16-4-7-20-18(14-16)17-5-8-22(27-23(17)31-20)25-15-3-6-21-19(13-15)26-24(32-21)29-9-11-30-12-10-29/h3,5-6,8,13,16H,4,7,9-12,14H2,1-2H3,(H,25,27)/t16-/m0/s1. The minimum absolute atomic E-state index is 0.553. The van der Waals surface area contributed by atoms with Crippen molar-refractivity contribution in [3.05, 3.63) is 41.7 Å². The molecule has 6 rings (SSSR count). The van der Waals surface area contributed by atoms with Gasteiger partial charge in [0.25, 0.3) is 6.01 Å². The molecule has 0 saturated carbocycles. The lowest BCUT2D eigenvalue weighted by Crippen LogP contribution is -2.36. The van der Waals surface area contributed by atoms with Crippen LogP contribution in [0.4, 0.5) is 17.5 Å². The lowest BCUT2D eigenvalue weighted by atomic mass is 9.91. The van der Waals surface area contributed by atoms with E-state index >= 15 is 0 Å². The summed E-state index contributed by atoms with van der Waals surface area (Å²) in [7, 11) is 4.29. The molecule has 0 amide bonds. The van der Waals surface area contributed by atoms with E-state index in [2.05, 4.69) is 40.3 Å². The summed E-state index contributed by atoms with van der Waals surface area (Å²) in [5.41, 5.74) is 4.52. The van der Waals surface area contributed by atoms with Crippen LogP contribution in [-0.2, 0) is 17.6 Å². The molecule has 2 aliphatic rings. The second-order valence-corrected chi connectivity index (χ2v) is 8.82. The van der Waals surface area contributed by atoms with Crippen LogP contribution >= 0.6 is 0 Å². The number of furan rings is 1. The number of pyridine rings is 1. The molecule has 3 aromatic heterocycles. The Hall–Kier alpha value is -3.10. The Morgan fingerprint density at radius 2 is 1.94 bits per heavy atom. The van der Waals surface area contributed by atoms with Crippen LogP contribution in [0.25, 0.3) is 22.2 Å². The Morgan fingerprint density at radius 3 is 2.78 bits per heavy atom. The number of aromatic nitrogens is 2. The molecule has 8 nitrogen and oxygen atoms in total. The maximum atomic E-state index is 6.12. The second-order valence-electron chi connectivity index (χ2n) is 8.82. The first-order valence-electron chi connectivity index (χ1n) is 11.2. The lowest BCUT2D eigenvalue weighted by Gasteiger charge is -2.27. The Labute approximate surface area is 186 Å². The van der Waals surface area contributed by atoms with Crippen molar-refractivity contribution in [2.24, 2.45) is 0 Å². The minimum atomic E-state index is 0.553. The van der Waals surface area contributed by atoms with E-state index < -0.39 is 0 Å². The number of morpholine rings is 1. The number of oxazole rings is 1. The number of hydrogen-bond acceptors (Lipinski definition) is 8. The van der Waals surface area contributed by atoms with E-state index in [9.17, 15) is 0 Å². The highest BCUT2D eigenvalue weighted by molar-refractivity contribution is 5.83. The fraction of sp³-hybridized carbons (Fsp3) is 0.417. The molecule has 1 aliphatic carbocycles. The van der Waals surface area contributed by atoms with Crippen LogP contribution in [0, 0.1) is 0 Å². The van der Waals surface area contributed by atoms with E-state index in [1.165, 1.54) is 5.56 Å². The Morgan fingerprint density at radius 1 is 1.06 bits per heavy atom. The van der Waals surface area contributed by atoms with E-state index in [-0.39, 0.29) is 0 Å². The Bertz CT molecular complexity index is 1270. The average Bonchev–Trinajstić information content (AvgIpc) is 3.39. The highest BCUT2D eigenvalue weighted by Crippen LogP contribution is 2.33. The molecular formula is C24H27N5O3. The number of nitrogens with one attached hydrogen (secondary N) is 1. The molecule has 1 aliphatic heterocycles. The first-order valence-corrected chi connectivity index (χ1v) is 11.2. The van der Waals surface area contributed by atoms with Gasteiger partial charge in [-0.15, -0.1) is 0 Å². The summed E-state index contributed by atoms with van der Waals surface area (Å²) < 4.78 is 17.5. The molecule has 0 spiro atoms. The third-order valence-electron chi connectivity index (χ3n) is 6.55. The zero-order chi connectivity index (χ0) is 21.7. The summed E-state index contributed by atoms with van der Waals surface area (Å²) in [4.78, 5) is 13.8. The maximum absolute atomic E-state index is 6.12. The third kappa shape index (κ3) is 3.49. The molecule has 1 fully saturated rings. The fourth-order valence-electron chi connectivity index (χ4n) is 4.68. The number of hydrogen-bond donors (Lipinski definition) is 1. The van der Waals surface area contributed by atoms with Crippen molar-refractivity contribution in [3.63, 3.8) is 0 Å². The number of anilines is 3. The summed E-state index contributed by atoms with van der Waals surface area (Å²) in [6, 6.07) is 11.3. The molecule has 0 radical (unpaired) electrons. The van der Waals surface area contributed by atoms with Gasteiger partial charge in [-0.25, -0.2) is 0 Å². The van der Waals surface area contributed by atoms with E-state index in [4.69, 9.17) is 18.6 Å². The van der Waals surface area contributed by atoms with E-state index in [0.717, 1.165) is 66.1 Å². The monoisotopic (exact) mass is 433 g/mol. The van der Waals surface area contributed by atoms with Crippen molar-refractivity contribution in [2.45, 2.75) is 25.3 Å². The summed E-state index contributed by atoms with van der Waals surface area (Å²) in [5, 5.41) is 4.51. The summed E-state index contributed by atoms with van der Waals surface area (Å²) in [6.45, 7) is 2.99. The van der Waals surface area contributed by atoms with Crippen molar-refractivity contribution in [1.29, 1.82) is 0 Å². The highest BCUT2D eigenvalue weighted by atomic mass is 16.5. The SMILES string of the molecule is CN(C)[C@H]1CCc2oc3nc(Nc4ccc5oc(N6CCOCC6)nc5c4)ccc3c2C1. The first-order chi connectivity index (χ1) is 15.6. The average molecular weight is 434 g/mol. The van der Waals surface area contributed by atoms with Gasteiger partial charge in [0.15, 0.2) is 5.58 Å². The number of rotatable bonds is 4. The van der Waals surface area contributed by atoms with E-state index in [0.29, 0.717) is 31.0 Å². The van der Waals surface area contributed by atoms with Gasteiger partial charge in [0.2, 0.25) is 5.71 Å². The number of aryl methyl sites for hydroxylation is 1. The fourth-order valence-corrected chi connectivity index (χ4v) is 4.68. The molecule has 4 aromatic rings. The zero-order valence-corrected chi connectivity index (χ0v) is 18.4. The predicted molar refractivity (Wildman–Crippen MR) is 124 cm³/mol. The molecule has 4 heterocycles. The Balaban J connectivity index is 1.25. The van der Waals surface area contributed by atoms with Gasteiger partial charge in [0.05, 0.1) is 13.2 Å². The van der Waals surface area contributed by atoms with Gasteiger partial charge in [0.1, 0.15) is 17.1 Å². The summed E-state index contributed by atoms with van der Waals surface area (Å²) >= 11 is 0. The van der Waals surface area contributed by atoms with Crippen molar-refractivity contribution in [3.8, 4) is 0 Å². The molecule has 0 unspecified atom stereocenters. The number of likely N-dealkylation sites (N-methyl/N-ethyl adjacent to an activating group) is 1.